The smallest absolute Gasteiger partial charge is 0.145 e. The average molecular weight is 287 g/mol. The van der Waals surface area contributed by atoms with Gasteiger partial charge in [0.1, 0.15) is 23.9 Å². The first kappa shape index (κ1) is 15.0. The van der Waals surface area contributed by atoms with Gasteiger partial charge < -0.3 is 19.9 Å². The number of hydrogen-bond donors (Lipinski definition) is 1. The molecular formula is C17H21NO3. The number of rotatable bonds is 7. The van der Waals surface area contributed by atoms with Crippen molar-refractivity contribution in [2.75, 3.05) is 19.5 Å². The van der Waals surface area contributed by atoms with Crippen molar-refractivity contribution in [3.63, 3.8) is 0 Å². The summed E-state index contributed by atoms with van der Waals surface area (Å²) in [4.78, 5) is 0. The number of benzene rings is 2. The average Bonchev–Trinajstić information content (AvgIpc) is 2.53. The maximum Gasteiger partial charge on any atom is 0.145 e. The lowest BCUT2D eigenvalue weighted by Gasteiger charge is -2.11. The second-order valence-electron chi connectivity index (χ2n) is 4.68. The predicted molar refractivity (Wildman–Crippen MR) is 84.0 cm³/mol. The van der Waals surface area contributed by atoms with E-state index in [1.807, 2.05) is 36.4 Å². The van der Waals surface area contributed by atoms with E-state index in [1.54, 1.807) is 13.2 Å². The Morgan fingerprint density at radius 3 is 2.33 bits per heavy atom. The second-order valence-corrected chi connectivity index (χ2v) is 4.68. The van der Waals surface area contributed by atoms with Crippen LogP contribution in [0.25, 0.3) is 0 Å². The standard InChI is InChI=1S/C17H21NO3/c1-3-10-20-17-11-15(8-9-16(17)18)21-12-13-4-6-14(19-2)7-5-13/h4-9,11H,3,10,12,18H2,1-2H3. The number of methoxy groups -OCH3 is 1. The molecule has 21 heavy (non-hydrogen) atoms. The zero-order valence-electron chi connectivity index (χ0n) is 12.5. The van der Waals surface area contributed by atoms with Crippen LogP contribution < -0.4 is 19.9 Å². The van der Waals surface area contributed by atoms with Gasteiger partial charge in [0.25, 0.3) is 0 Å². The van der Waals surface area contributed by atoms with Gasteiger partial charge in [0.05, 0.1) is 19.4 Å². The van der Waals surface area contributed by atoms with Crippen LogP contribution in [0.5, 0.6) is 17.2 Å². The van der Waals surface area contributed by atoms with Gasteiger partial charge >= 0.3 is 0 Å². The number of nitrogen functional groups attached to an aromatic ring is 1. The number of ether oxygens (including phenoxy) is 3. The third-order valence-corrected chi connectivity index (χ3v) is 3.01. The van der Waals surface area contributed by atoms with E-state index in [4.69, 9.17) is 19.9 Å². The van der Waals surface area contributed by atoms with E-state index in [-0.39, 0.29) is 0 Å². The predicted octanol–water partition coefficient (Wildman–Crippen LogP) is 3.65. The minimum atomic E-state index is 0.487. The van der Waals surface area contributed by atoms with Crippen LogP contribution in [-0.2, 0) is 6.61 Å². The third-order valence-electron chi connectivity index (χ3n) is 3.01. The van der Waals surface area contributed by atoms with Crippen LogP contribution in [0.3, 0.4) is 0 Å². The lowest BCUT2D eigenvalue weighted by atomic mass is 10.2. The van der Waals surface area contributed by atoms with Gasteiger partial charge in [-0.05, 0) is 36.2 Å². The summed E-state index contributed by atoms with van der Waals surface area (Å²) in [5, 5.41) is 0. The van der Waals surface area contributed by atoms with Crippen LogP contribution in [-0.4, -0.2) is 13.7 Å². The van der Waals surface area contributed by atoms with Crippen LogP contribution in [0.1, 0.15) is 18.9 Å². The summed E-state index contributed by atoms with van der Waals surface area (Å²) < 4.78 is 16.5. The highest BCUT2D eigenvalue weighted by Crippen LogP contribution is 2.27. The monoisotopic (exact) mass is 287 g/mol. The van der Waals surface area contributed by atoms with Gasteiger partial charge in [0.2, 0.25) is 0 Å². The van der Waals surface area contributed by atoms with E-state index >= 15 is 0 Å². The molecule has 0 atom stereocenters. The Kier molecular flexibility index (Phi) is 5.32. The van der Waals surface area contributed by atoms with Gasteiger partial charge in [-0.15, -0.1) is 0 Å². The van der Waals surface area contributed by atoms with E-state index in [2.05, 4.69) is 6.92 Å². The summed E-state index contributed by atoms with van der Waals surface area (Å²) in [6.07, 6.45) is 0.941. The maximum atomic E-state index is 5.87. The van der Waals surface area contributed by atoms with Crippen molar-refractivity contribution in [3.8, 4) is 17.2 Å². The molecule has 2 rings (SSSR count). The highest BCUT2D eigenvalue weighted by atomic mass is 16.5. The third kappa shape index (κ3) is 4.31. The maximum absolute atomic E-state index is 5.87. The first-order valence-electron chi connectivity index (χ1n) is 7.01. The van der Waals surface area contributed by atoms with Crippen molar-refractivity contribution in [1.82, 2.24) is 0 Å². The van der Waals surface area contributed by atoms with Crippen LogP contribution in [0, 0.1) is 0 Å². The Morgan fingerprint density at radius 1 is 0.952 bits per heavy atom. The lowest BCUT2D eigenvalue weighted by Crippen LogP contribution is -2.00. The van der Waals surface area contributed by atoms with Crippen molar-refractivity contribution < 1.29 is 14.2 Å². The van der Waals surface area contributed by atoms with Gasteiger partial charge in [0.15, 0.2) is 0 Å². The molecule has 0 fully saturated rings. The van der Waals surface area contributed by atoms with Gasteiger partial charge in [-0.3, -0.25) is 0 Å². The van der Waals surface area contributed by atoms with E-state index in [1.165, 1.54) is 0 Å². The summed E-state index contributed by atoms with van der Waals surface area (Å²) >= 11 is 0. The Hall–Kier alpha value is -2.36. The fourth-order valence-corrected chi connectivity index (χ4v) is 1.83. The number of anilines is 1. The quantitative estimate of drug-likeness (QED) is 0.790. The first-order chi connectivity index (χ1) is 10.2. The fraction of sp³-hybridized carbons (Fsp3) is 0.294. The fourth-order valence-electron chi connectivity index (χ4n) is 1.83. The van der Waals surface area contributed by atoms with Gasteiger partial charge in [-0.1, -0.05) is 19.1 Å². The molecule has 4 nitrogen and oxygen atoms in total. The molecule has 0 aromatic heterocycles. The Bertz CT molecular complexity index is 567. The summed E-state index contributed by atoms with van der Waals surface area (Å²) in [7, 11) is 1.65. The molecule has 0 aliphatic heterocycles. The molecule has 0 bridgehead atoms. The van der Waals surface area contributed by atoms with Gasteiger partial charge in [-0.2, -0.15) is 0 Å². The first-order valence-corrected chi connectivity index (χ1v) is 7.01. The lowest BCUT2D eigenvalue weighted by molar-refractivity contribution is 0.295. The van der Waals surface area contributed by atoms with E-state index in [9.17, 15) is 0 Å². The molecule has 2 aromatic rings. The molecule has 0 aliphatic rings. The van der Waals surface area contributed by atoms with Crippen molar-refractivity contribution >= 4 is 5.69 Å². The summed E-state index contributed by atoms with van der Waals surface area (Å²) in [6.45, 7) is 3.19. The van der Waals surface area contributed by atoms with E-state index in [0.29, 0.717) is 24.7 Å². The highest BCUT2D eigenvalue weighted by Gasteiger charge is 2.04. The Morgan fingerprint density at radius 2 is 1.67 bits per heavy atom. The highest BCUT2D eigenvalue weighted by molar-refractivity contribution is 5.55. The minimum Gasteiger partial charge on any atom is -0.497 e. The van der Waals surface area contributed by atoms with Crippen LogP contribution >= 0.6 is 0 Å². The van der Waals surface area contributed by atoms with Crippen LogP contribution in [0.4, 0.5) is 5.69 Å². The van der Waals surface area contributed by atoms with E-state index < -0.39 is 0 Å². The molecule has 2 N–H and O–H groups in total. The zero-order chi connectivity index (χ0) is 15.1. The van der Waals surface area contributed by atoms with Crippen molar-refractivity contribution in [3.05, 3.63) is 48.0 Å². The molecule has 0 unspecified atom stereocenters. The molecule has 0 saturated heterocycles. The molecule has 0 radical (unpaired) electrons. The molecule has 0 amide bonds. The van der Waals surface area contributed by atoms with Crippen LogP contribution in [0.2, 0.25) is 0 Å². The molecule has 0 heterocycles. The Labute approximate surface area is 125 Å². The molecule has 0 spiro atoms. The molecule has 4 heteroatoms. The number of hydrogen-bond acceptors (Lipinski definition) is 4. The van der Waals surface area contributed by atoms with Crippen molar-refractivity contribution in [2.24, 2.45) is 0 Å². The molecule has 2 aromatic carbocycles. The van der Waals surface area contributed by atoms with Gasteiger partial charge in [-0.25, -0.2) is 0 Å². The SMILES string of the molecule is CCCOc1cc(OCc2ccc(OC)cc2)ccc1N. The summed E-state index contributed by atoms with van der Waals surface area (Å²) in [6, 6.07) is 13.3. The zero-order valence-corrected chi connectivity index (χ0v) is 12.5. The summed E-state index contributed by atoms with van der Waals surface area (Å²) in [5.74, 6) is 2.25. The van der Waals surface area contributed by atoms with E-state index in [0.717, 1.165) is 23.5 Å². The van der Waals surface area contributed by atoms with Gasteiger partial charge in [0, 0.05) is 6.07 Å². The normalized spacial score (nSPS) is 10.2. The summed E-state index contributed by atoms with van der Waals surface area (Å²) in [5.41, 5.74) is 7.57. The second kappa shape index (κ2) is 7.43. The minimum absolute atomic E-state index is 0.487. The number of nitrogens with two attached hydrogens (primary N) is 1. The largest absolute Gasteiger partial charge is 0.497 e. The molecule has 0 saturated carbocycles. The van der Waals surface area contributed by atoms with Crippen LogP contribution in [0.15, 0.2) is 42.5 Å². The van der Waals surface area contributed by atoms with Crippen molar-refractivity contribution in [1.29, 1.82) is 0 Å². The Balaban J connectivity index is 1.98. The van der Waals surface area contributed by atoms with Crippen molar-refractivity contribution in [2.45, 2.75) is 20.0 Å². The topological polar surface area (TPSA) is 53.7 Å². The molecular weight excluding hydrogens is 266 g/mol. The molecule has 0 aliphatic carbocycles. The molecule has 112 valence electrons.